The number of anilines is 2. The Morgan fingerprint density at radius 1 is 1.50 bits per heavy atom. The van der Waals surface area contributed by atoms with Gasteiger partial charge in [-0.25, -0.2) is 0 Å². The number of benzene rings is 1. The van der Waals surface area contributed by atoms with E-state index in [-0.39, 0.29) is 5.91 Å². The first kappa shape index (κ1) is 13.1. The molecule has 1 aliphatic heterocycles. The van der Waals surface area contributed by atoms with Crippen LogP contribution in [-0.4, -0.2) is 30.6 Å². The van der Waals surface area contributed by atoms with Gasteiger partial charge in [0.1, 0.15) is 5.75 Å². The van der Waals surface area contributed by atoms with Crippen molar-refractivity contribution in [1.29, 1.82) is 0 Å². The normalized spacial score (nSPS) is 17.7. The number of thioether (sulfide) groups is 1. The second-order valence-corrected chi connectivity index (χ2v) is 5.22. The van der Waals surface area contributed by atoms with Gasteiger partial charge in [0.25, 0.3) is 5.91 Å². The standard InChI is InChI=1S/C13H18N2O2S/c1-9-13(16)15-11-8-10(4-5-12(11)17-9)14-6-3-7-18-2/h4-5,8-9,14H,3,6-7H2,1-2H3,(H,15,16). The van der Waals surface area contributed by atoms with Gasteiger partial charge in [0.05, 0.1) is 5.69 Å². The molecule has 1 aliphatic rings. The van der Waals surface area contributed by atoms with E-state index in [0.717, 1.165) is 35.8 Å². The molecule has 98 valence electrons. The van der Waals surface area contributed by atoms with Gasteiger partial charge in [-0.15, -0.1) is 0 Å². The van der Waals surface area contributed by atoms with Crippen LogP contribution in [0.4, 0.5) is 11.4 Å². The maximum atomic E-state index is 11.5. The highest BCUT2D eigenvalue weighted by atomic mass is 32.2. The Bertz CT molecular complexity index is 437. The van der Waals surface area contributed by atoms with E-state index in [2.05, 4.69) is 16.9 Å². The third-order valence-corrected chi connectivity index (χ3v) is 3.46. The Morgan fingerprint density at radius 3 is 3.11 bits per heavy atom. The fourth-order valence-corrected chi connectivity index (χ4v) is 2.20. The summed E-state index contributed by atoms with van der Waals surface area (Å²) in [6.45, 7) is 2.68. The molecular formula is C13H18N2O2S. The number of rotatable bonds is 5. The number of ether oxygens (including phenoxy) is 1. The van der Waals surface area contributed by atoms with Crippen LogP contribution in [0.3, 0.4) is 0 Å². The van der Waals surface area contributed by atoms with E-state index in [1.807, 2.05) is 30.0 Å². The monoisotopic (exact) mass is 266 g/mol. The van der Waals surface area contributed by atoms with Gasteiger partial charge in [0, 0.05) is 12.2 Å². The highest BCUT2D eigenvalue weighted by molar-refractivity contribution is 7.98. The van der Waals surface area contributed by atoms with Crippen molar-refractivity contribution in [2.24, 2.45) is 0 Å². The molecule has 1 aromatic carbocycles. The molecule has 1 heterocycles. The summed E-state index contributed by atoms with van der Waals surface area (Å²) in [5.74, 6) is 1.79. The van der Waals surface area contributed by atoms with Crippen LogP contribution >= 0.6 is 11.8 Å². The number of amides is 1. The van der Waals surface area contributed by atoms with E-state index < -0.39 is 6.10 Å². The summed E-state index contributed by atoms with van der Waals surface area (Å²) in [6, 6.07) is 5.78. The van der Waals surface area contributed by atoms with Crippen LogP contribution in [-0.2, 0) is 4.79 Å². The van der Waals surface area contributed by atoms with Crippen molar-refractivity contribution in [3.8, 4) is 5.75 Å². The number of hydrogen-bond donors (Lipinski definition) is 2. The Labute approximate surface area is 111 Å². The summed E-state index contributed by atoms with van der Waals surface area (Å²) >= 11 is 1.84. The Morgan fingerprint density at radius 2 is 2.33 bits per heavy atom. The van der Waals surface area contributed by atoms with Crippen LogP contribution < -0.4 is 15.4 Å². The largest absolute Gasteiger partial charge is 0.479 e. The highest BCUT2D eigenvalue weighted by Gasteiger charge is 2.23. The number of hydrogen-bond acceptors (Lipinski definition) is 4. The van der Waals surface area contributed by atoms with Gasteiger partial charge in [0.2, 0.25) is 0 Å². The number of carbonyl (C=O) groups is 1. The molecule has 1 unspecified atom stereocenters. The fourth-order valence-electron chi connectivity index (χ4n) is 1.77. The predicted molar refractivity (Wildman–Crippen MR) is 76.7 cm³/mol. The minimum absolute atomic E-state index is 0.0953. The molecule has 1 atom stereocenters. The third-order valence-electron chi connectivity index (χ3n) is 2.76. The van der Waals surface area contributed by atoms with Crippen molar-refractivity contribution < 1.29 is 9.53 Å². The van der Waals surface area contributed by atoms with Gasteiger partial charge in [-0.1, -0.05) is 0 Å². The first-order valence-corrected chi connectivity index (χ1v) is 7.44. The molecule has 0 bridgehead atoms. The minimum atomic E-state index is -0.419. The molecule has 0 aliphatic carbocycles. The smallest absolute Gasteiger partial charge is 0.265 e. The molecule has 4 nitrogen and oxygen atoms in total. The summed E-state index contributed by atoms with van der Waals surface area (Å²) in [5, 5.41) is 6.18. The van der Waals surface area contributed by atoms with Gasteiger partial charge in [-0.2, -0.15) is 11.8 Å². The van der Waals surface area contributed by atoms with Gasteiger partial charge in [0.15, 0.2) is 6.10 Å². The van der Waals surface area contributed by atoms with Crippen molar-refractivity contribution in [3.05, 3.63) is 18.2 Å². The van der Waals surface area contributed by atoms with E-state index in [4.69, 9.17) is 4.74 Å². The molecule has 0 spiro atoms. The zero-order valence-corrected chi connectivity index (χ0v) is 11.5. The fraction of sp³-hybridized carbons (Fsp3) is 0.462. The molecule has 0 fully saturated rings. The molecule has 0 saturated carbocycles. The van der Waals surface area contributed by atoms with Gasteiger partial charge < -0.3 is 15.4 Å². The van der Waals surface area contributed by atoms with Crippen LogP contribution in [0.15, 0.2) is 18.2 Å². The van der Waals surface area contributed by atoms with Crippen LogP contribution in [0.1, 0.15) is 13.3 Å². The van der Waals surface area contributed by atoms with Gasteiger partial charge >= 0.3 is 0 Å². The molecule has 2 rings (SSSR count). The highest BCUT2D eigenvalue weighted by Crippen LogP contribution is 2.32. The molecule has 2 N–H and O–H groups in total. The molecule has 0 saturated heterocycles. The van der Waals surface area contributed by atoms with E-state index in [9.17, 15) is 4.79 Å². The zero-order valence-electron chi connectivity index (χ0n) is 10.7. The second-order valence-electron chi connectivity index (χ2n) is 4.23. The quantitative estimate of drug-likeness (QED) is 0.804. The van der Waals surface area contributed by atoms with E-state index >= 15 is 0 Å². The van der Waals surface area contributed by atoms with Crippen molar-refractivity contribution in [1.82, 2.24) is 0 Å². The van der Waals surface area contributed by atoms with Crippen LogP contribution in [0.5, 0.6) is 5.75 Å². The van der Waals surface area contributed by atoms with E-state index in [0.29, 0.717) is 0 Å². The first-order chi connectivity index (χ1) is 8.70. The summed E-state index contributed by atoms with van der Waals surface area (Å²) in [7, 11) is 0. The van der Waals surface area contributed by atoms with Crippen molar-refractivity contribution in [3.63, 3.8) is 0 Å². The molecule has 5 heteroatoms. The summed E-state index contributed by atoms with van der Waals surface area (Å²) in [5.41, 5.74) is 1.75. The predicted octanol–water partition coefficient (Wildman–Crippen LogP) is 2.57. The molecular weight excluding hydrogens is 248 g/mol. The van der Waals surface area contributed by atoms with E-state index in [1.54, 1.807) is 6.92 Å². The van der Waals surface area contributed by atoms with Crippen molar-refractivity contribution in [2.75, 3.05) is 29.2 Å². The van der Waals surface area contributed by atoms with Gasteiger partial charge in [-0.3, -0.25) is 4.79 Å². The first-order valence-electron chi connectivity index (χ1n) is 6.05. The zero-order chi connectivity index (χ0) is 13.0. The topological polar surface area (TPSA) is 50.4 Å². The summed E-state index contributed by atoms with van der Waals surface area (Å²) < 4.78 is 5.50. The lowest BCUT2D eigenvalue weighted by Gasteiger charge is -2.23. The maximum absolute atomic E-state index is 11.5. The number of nitrogens with one attached hydrogen (secondary N) is 2. The minimum Gasteiger partial charge on any atom is -0.479 e. The Balaban J connectivity index is 1.99. The molecule has 1 amide bonds. The van der Waals surface area contributed by atoms with Crippen LogP contribution in [0.25, 0.3) is 0 Å². The Kier molecular flexibility index (Phi) is 4.36. The SMILES string of the molecule is CSCCCNc1ccc2c(c1)NC(=O)C(C)O2. The van der Waals surface area contributed by atoms with Crippen LogP contribution in [0, 0.1) is 0 Å². The number of fused-ring (bicyclic) bond motifs is 1. The molecule has 0 radical (unpaired) electrons. The average Bonchev–Trinajstić information content (AvgIpc) is 2.36. The number of carbonyl (C=O) groups excluding carboxylic acids is 1. The second kappa shape index (κ2) is 6.00. The summed E-state index contributed by atoms with van der Waals surface area (Å²) in [6.07, 6.45) is 2.81. The average molecular weight is 266 g/mol. The maximum Gasteiger partial charge on any atom is 0.265 e. The Hall–Kier alpha value is -1.36. The molecule has 18 heavy (non-hydrogen) atoms. The summed E-state index contributed by atoms with van der Waals surface area (Å²) in [4.78, 5) is 11.5. The van der Waals surface area contributed by atoms with Crippen molar-refractivity contribution in [2.45, 2.75) is 19.4 Å². The van der Waals surface area contributed by atoms with Crippen LogP contribution in [0.2, 0.25) is 0 Å². The lowest BCUT2D eigenvalue weighted by atomic mass is 10.2. The third kappa shape index (κ3) is 3.10. The molecule has 0 aromatic heterocycles. The lowest BCUT2D eigenvalue weighted by molar-refractivity contribution is -0.122. The lowest BCUT2D eigenvalue weighted by Crippen LogP contribution is -2.34. The van der Waals surface area contributed by atoms with Crippen molar-refractivity contribution >= 4 is 29.0 Å². The molecule has 1 aromatic rings. The van der Waals surface area contributed by atoms with Gasteiger partial charge in [-0.05, 0) is 43.6 Å². The van der Waals surface area contributed by atoms with E-state index in [1.165, 1.54) is 0 Å².